The summed E-state index contributed by atoms with van der Waals surface area (Å²) in [7, 11) is 1.27. The zero-order valence-electron chi connectivity index (χ0n) is 13.5. The molecule has 0 atom stereocenters. The molecule has 8 nitrogen and oxygen atoms in total. The van der Waals surface area contributed by atoms with Crippen LogP contribution in [0.2, 0.25) is 0 Å². The number of carbonyl (C=O) groups excluding carboxylic acids is 2. The van der Waals surface area contributed by atoms with Gasteiger partial charge in [-0.05, 0) is 30.7 Å². The molecular weight excluding hydrogens is 322 g/mol. The summed E-state index contributed by atoms with van der Waals surface area (Å²) in [5.41, 5.74) is 1.99. The van der Waals surface area contributed by atoms with E-state index in [0.29, 0.717) is 16.9 Å². The van der Waals surface area contributed by atoms with E-state index in [1.807, 2.05) is 6.07 Å². The van der Waals surface area contributed by atoms with E-state index >= 15 is 0 Å². The monoisotopic (exact) mass is 335 g/mol. The predicted octanol–water partition coefficient (Wildman–Crippen LogP) is 1.95. The van der Waals surface area contributed by atoms with E-state index in [2.05, 4.69) is 20.1 Å². The van der Waals surface area contributed by atoms with Crippen molar-refractivity contribution in [1.29, 1.82) is 5.26 Å². The van der Waals surface area contributed by atoms with Crippen molar-refractivity contribution in [3.63, 3.8) is 0 Å². The van der Waals surface area contributed by atoms with Gasteiger partial charge in [-0.15, -0.1) is 0 Å². The molecule has 0 spiro atoms. The highest BCUT2D eigenvalue weighted by Crippen LogP contribution is 2.22. The van der Waals surface area contributed by atoms with E-state index in [1.165, 1.54) is 23.9 Å². The van der Waals surface area contributed by atoms with Crippen molar-refractivity contribution in [2.75, 3.05) is 12.4 Å². The number of fused-ring (bicyclic) bond motifs is 1. The van der Waals surface area contributed by atoms with Crippen LogP contribution < -0.4 is 5.32 Å². The fourth-order valence-electron chi connectivity index (χ4n) is 2.41. The first-order valence-corrected chi connectivity index (χ1v) is 7.28. The number of hydrogen-bond donors (Lipinski definition) is 1. The molecular formula is C17H13N5O3. The molecule has 3 rings (SSSR count). The van der Waals surface area contributed by atoms with Gasteiger partial charge in [0, 0.05) is 12.4 Å². The summed E-state index contributed by atoms with van der Waals surface area (Å²) >= 11 is 0. The third kappa shape index (κ3) is 2.90. The minimum Gasteiger partial charge on any atom is -0.465 e. The normalized spacial score (nSPS) is 10.3. The highest BCUT2D eigenvalue weighted by atomic mass is 16.5. The molecule has 0 aliphatic heterocycles. The van der Waals surface area contributed by atoms with Gasteiger partial charge in [-0.3, -0.25) is 4.79 Å². The molecule has 1 amide bonds. The lowest BCUT2D eigenvalue weighted by atomic mass is 10.0. The second kappa shape index (κ2) is 6.41. The summed E-state index contributed by atoms with van der Waals surface area (Å²) in [6, 6.07) is 6.62. The Labute approximate surface area is 142 Å². The topological polar surface area (TPSA) is 109 Å². The number of rotatable bonds is 3. The van der Waals surface area contributed by atoms with Crippen molar-refractivity contribution in [2.45, 2.75) is 6.92 Å². The van der Waals surface area contributed by atoms with Gasteiger partial charge in [0.15, 0.2) is 5.65 Å². The summed E-state index contributed by atoms with van der Waals surface area (Å²) in [4.78, 5) is 28.4. The first kappa shape index (κ1) is 16.1. The Hall–Kier alpha value is -3.73. The molecule has 25 heavy (non-hydrogen) atoms. The van der Waals surface area contributed by atoms with Crippen LogP contribution in [0.5, 0.6) is 0 Å². The second-order valence-corrected chi connectivity index (χ2v) is 5.22. The van der Waals surface area contributed by atoms with E-state index < -0.39 is 11.9 Å². The van der Waals surface area contributed by atoms with Gasteiger partial charge in [-0.2, -0.15) is 10.4 Å². The summed E-state index contributed by atoms with van der Waals surface area (Å²) in [6.07, 6.45) is 4.64. The Morgan fingerprint density at radius 2 is 2.12 bits per heavy atom. The van der Waals surface area contributed by atoms with Gasteiger partial charge in [0.05, 0.1) is 30.1 Å². The highest BCUT2D eigenvalue weighted by molar-refractivity contribution is 6.09. The van der Waals surface area contributed by atoms with Crippen molar-refractivity contribution < 1.29 is 14.3 Å². The lowest BCUT2D eigenvalue weighted by Gasteiger charge is -2.10. The molecule has 2 aromatic heterocycles. The first-order valence-electron chi connectivity index (χ1n) is 7.28. The molecule has 0 aliphatic carbocycles. The van der Waals surface area contributed by atoms with Gasteiger partial charge >= 0.3 is 5.97 Å². The summed E-state index contributed by atoms with van der Waals surface area (Å²) in [6.45, 7) is 1.69. The highest BCUT2D eigenvalue weighted by Gasteiger charge is 2.18. The van der Waals surface area contributed by atoms with E-state index in [-0.39, 0.29) is 16.7 Å². The standard InChI is InChI=1S/C17H13N5O3/c1-10-6-14(11(8-18)7-12(10)17(24)25-2)21-16(23)13-9-20-22-5-3-4-19-15(13)22/h3-7,9H,1-2H3,(H,21,23). The molecule has 1 aromatic carbocycles. The molecule has 2 heterocycles. The third-order valence-electron chi connectivity index (χ3n) is 3.66. The quantitative estimate of drug-likeness (QED) is 0.733. The number of aryl methyl sites for hydroxylation is 1. The SMILES string of the molecule is COC(=O)c1cc(C#N)c(NC(=O)c2cnn3cccnc23)cc1C. The zero-order chi connectivity index (χ0) is 18.0. The maximum atomic E-state index is 12.5. The number of nitriles is 1. The summed E-state index contributed by atoms with van der Waals surface area (Å²) in [5.74, 6) is -0.992. The van der Waals surface area contributed by atoms with Crippen molar-refractivity contribution in [1.82, 2.24) is 14.6 Å². The van der Waals surface area contributed by atoms with Crippen LogP contribution in [0.4, 0.5) is 5.69 Å². The third-order valence-corrected chi connectivity index (χ3v) is 3.66. The molecule has 0 saturated heterocycles. The van der Waals surface area contributed by atoms with Crippen molar-refractivity contribution in [2.24, 2.45) is 0 Å². The van der Waals surface area contributed by atoms with Gasteiger partial charge < -0.3 is 10.1 Å². The minimum absolute atomic E-state index is 0.156. The number of benzene rings is 1. The number of esters is 1. The van der Waals surface area contributed by atoms with Crippen LogP contribution in [-0.4, -0.2) is 33.6 Å². The largest absolute Gasteiger partial charge is 0.465 e. The maximum absolute atomic E-state index is 12.5. The lowest BCUT2D eigenvalue weighted by molar-refractivity contribution is 0.0600. The van der Waals surface area contributed by atoms with Gasteiger partial charge in [0.25, 0.3) is 5.91 Å². The van der Waals surface area contributed by atoms with E-state index in [4.69, 9.17) is 0 Å². The average Bonchev–Trinajstić information content (AvgIpc) is 3.05. The van der Waals surface area contributed by atoms with Crippen LogP contribution in [0.1, 0.15) is 31.8 Å². The van der Waals surface area contributed by atoms with Crippen LogP contribution in [0.3, 0.4) is 0 Å². The van der Waals surface area contributed by atoms with Gasteiger partial charge in [-0.25, -0.2) is 14.3 Å². The molecule has 0 radical (unpaired) electrons. The first-order chi connectivity index (χ1) is 12.0. The fourth-order valence-corrected chi connectivity index (χ4v) is 2.41. The smallest absolute Gasteiger partial charge is 0.338 e. The number of anilines is 1. The molecule has 0 fully saturated rings. The number of nitrogens with zero attached hydrogens (tertiary/aromatic N) is 4. The molecule has 0 saturated carbocycles. The predicted molar refractivity (Wildman–Crippen MR) is 88.2 cm³/mol. The number of methoxy groups -OCH3 is 1. The van der Waals surface area contributed by atoms with Crippen LogP contribution >= 0.6 is 0 Å². The Morgan fingerprint density at radius 3 is 2.84 bits per heavy atom. The molecule has 3 aromatic rings. The Bertz CT molecular complexity index is 1030. The molecule has 0 bridgehead atoms. The Kier molecular flexibility index (Phi) is 4.14. The van der Waals surface area contributed by atoms with Gasteiger partial charge in [0.2, 0.25) is 0 Å². The number of amides is 1. The molecule has 1 N–H and O–H groups in total. The van der Waals surface area contributed by atoms with Crippen LogP contribution in [-0.2, 0) is 4.74 Å². The number of hydrogen-bond acceptors (Lipinski definition) is 6. The van der Waals surface area contributed by atoms with Crippen LogP contribution in [0.15, 0.2) is 36.8 Å². The zero-order valence-corrected chi connectivity index (χ0v) is 13.5. The van der Waals surface area contributed by atoms with E-state index in [0.717, 1.165) is 0 Å². The minimum atomic E-state index is -0.543. The maximum Gasteiger partial charge on any atom is 0.338 e. The van der Waals surface area contributed by atoms with Gasteiger partial charge in [0.1, 0.15) is 11.6 Å². The summed E-state index contributed by atoms with van der Waals surface area (Å²) in [5, 5.41) is 16.1. The molecule has 124 valence electrons. The van der Waals surface area contributed by atoms with Crippen LogP contribution in [0, 0.1) is 18.3 Å². The molecule has 0 aliphatic rings. The lowest BCUT2D eigenvalue weighted by Crippen LogP contribution is -2.14. The number of nitrogens with one attached hydrogen (secondary N) is 1. The number of ether oxygens (including phenoxy) is 1. The summed E-state index contributed by atoms with van der Waals surface area (Å²) < 4.78 is 6.17. The fraction of sp³-hybridized carbons (Fsp3) is 0.118. The van der Waals surface area contributed by atoms with Crippen LogP contribution in [0.25, 0.3) is 5.65 Å². The second-order valence-electron chi connectivity index (χ2n) is 5.22. The number of carbonyl (C=O) groups is 2. The van der Waals surface area contributed by atoms with Crippen molar-refractivity contribution in [3.8, 4) is 6.07 Å². The van der Waals surface area contributed by atoms with Gasteiger partial charge in [-0.1, -0.05) is 0 Å². The Morgan fingerprint density at radius 1 is 1.32 bits per heavy atom. The van der Waals surface area contributed by atoms with Crippen molar-refractivity contribution in [3.05, 3.63) is 59.0 Å². The molecule has 0 unspecified atom stereocenters. The van der Waals surface area contributed by atoms with Crippen molar-refractivity contribution >= 4 is 23.2 Å². The average molecular weight is 335 g/mol. The Balaban J connectivity index is 1.97. The number of aromatic nitrogens is 3. The van der Waals surface area contributed by atoms with E-state index in [1.54, 1.807) is 31.5 Å². The van der Waals surface area contributed by atoms with E-state index in [9.17, 15) is 14.9 Å². The molecule has 8 heteroatoms.